The zero-order chi connectivity index (χ0) is 19.3. The SMILES string of the molecule is O=C(NCc1ccccc1)[C@H]1CCCN1C(=O)CC(c1ccccc1)C1CC1. The number of carbonyl (C=O) groups is 2. The number of nitrogens with one attached hydrogen (secondary N) is 1. The van der Waals surface area contributed by atoms with Crippen molar-refractivity contribution >= 4 is 11.8 Å². The van der Waals surface area contributed by atoms with Crippen LogP contribution in [0.15, 0.2) is 60.7 Å². The molecule has 1 aliphatic heterocycles. The second-order valence-corrected chi connectivity index (χ2v) is 8.01. The molecule has 1 aliphatic carbocycles. The van der Waals surface area contributed by atoms with Crippen molar-refractivity contribution in [2.75, 3.05) is 6.54 Å². The van der Waals surface area contributed by atoms with Crippen LogP contribution in [-0.2, 0) is 16.1 Å². The van der Waals surface area contributed by atoms with Gasteiger partial charge in [-0.25, -0.2) is 0 Å². The molecule has 2 aromatic rings. The van der Waals surface area contributed by atoms with Crippen LogP contribution in [0.3, 0.4) is 0 Å². The molecule has 4 nitrogen and oxygen atoms in total. The van der Waals surface area contributed by atoms with Crippen LogP contribution in [0.25, 0.3) is 0 Å². The third-order valence-corrected chi connectivity index (χ3v) is 6.00. The Morgan fingerprint density at radius 2 is 1.64 bits per heavy atom. The average molecular weight is 377 g/mol. The zero-order valence-electron chi connectivity index (χ0n) is 16.2. The number of nitrogens with zero attached hydrogens (tertiary/aromatic N) is 1. The Kier molecular flexibility index (Phi) is 5.75. The van der Waals surface area contributed by atoms with E-state index in [0.29, 0.717) is 25.4 Å². The molecule has 1 saturated carbocycles. The number of hydrogen-bond acceptors (Lipinski definition) is 2. The molecule has 0 radical (unpaired) electrons. The molecule has 2 aliphatic rings. The van der Waals surface area contributed by atoms with Crippen LogP contribution in [0.2, 0.25) is 0 Å². The summed E-state index contributed by atoms with van der Waals surface area (Å²) in [6.07, 6.45) is 4.57. The highest BCUT2D eigenvalue weighted by molar-refractivity contribution is 5.88. The molecular formula is C24H28N2O2. The predicted molar refractivity (Wildman–Crippen MR) is 110 cm³/mol. The van der Waals surface area contributed by atoms with Crippen LogP contribution in [0.5, 0.6) is 0 Å². The van der Waals surface area contributed by atoms with Crippen molar-refractivity contribution in [2.45, 2.75) is 50.6 Å². The van der Waals surface area contributed by atoms with E-state index in [-0.39, 0.29) is 23.8 Å². The minimum atomic E-state index is -0.327. The lowest BCUT2D eigenvalue weighted by Gasteiger charge is -2.26. The summed E-state index contributed by atoms with van der Waals surface area (Å²) in [5.74, 6) is 0.983. The van der Waals surface area contributed by atoms with Gasteiger partial charge in [-0.15, -0.1) is 0 Å². The molecule has 0 aromatic heterocycles. The second-order valence-electron chi connectivity index (χ2n) is 8.01. The highest BCUT2D eigenvalue weighted by Gasteiger charge is 2.38. The first-order chi connectivity index (χ1) is 13.7. The van der Waals surface area contributed by atoms with E-state index in [9.17, 15) is 9.59 Å². The molecule has 1 saturated heterocycles. The summed E-state index contributed by atoms with van der Waals surface area (Å²) in [6.45, 7) is 1.20. The van der Waals surface area contributed by atoms with E-state index >= 15 is 0 Å². The first-order valence-corrected chi connectivity index (χ1v) is 10.4. The van der Waals surface area contributed by atoms with E-state index in [1.165, 1.54) is 18.4 Å². The maximum Gasteiger partial charge on any atom is 0.243 e. The van der Waals surface area contributed by atoms with E-state index in [4.69, 9.17) is 0 Å². The zero-order valence-corrected chi connectivity index (χ0v) is 16.2. The minimum Gasteiger partial charge on any atom is -0.350 e. The topological polar surface area (TPSA) is 49.4 Å². The molecule has 1 unspecified atom stereocenters. The Morgan fingerprint density at radius 3 is 2.32 bits per heavy atom. The molecule has 1 N–H and O–H groups in total. The number of likely N-dealkylation sites (tertiary alicyclic amines) is 1. The van der Waals surface area contributed by atoms with Gasteiger partial charge in [0.05, 0.1) is 0 Å². The van der Waals surface area contributed by atoms with Gasteiger partial charge in [-0.1, -0.05) is 60.7 Å². The minimum absolute atomic E-state index is 0.0302. The Hall–Kier alpha value is -2.62. The number of benzene rings is 2. The van der Waals surface area contributed by atoms with Gasteiger partial charge in [-0.05, 0) is 48.6 Å². The smallest absolute Gasteiger partial charge is 0.243 e. The standard InChI is InChI=1S/C24H28N2O2/c27-23(16-21(20-13-14-20)19-10-5-2-6-11-19)26-15-7-12-22(26)24(28)25-17-18-8-3-1-4-9-18/h1-6,8-11,20-22H,7,12-17H2,(H,25,28)/t21?,22-/m1/s1. The van der Waals surface area contributed by atoms with Gasteiger partial charge in [0.1, 0.15) is 6.04 Å². The summed E-state index contributed by atoms with van der Waals surface area (Å²) in [7, 11) is 0. The van der Waals surface area contributed by atoms with Gasteiger partial charge in [0, 0.05) is 19.5 Å². The molecule has 28 heavy (non-hydrogen) atoms. The largest absolute Gasteiger partial charge is 0.350 e. The normalized spacial score (nSPS) is 20.0. The van der Waals surface area contributed by atoms with Crippen LogP contribution in [-0.4, -0.2) is 29.3 Å². The van der Waals surface area contributed by atoms with E-state index in [2.05, 4.69) is 17.4 Å². The molecule has 1 heterocycles. The first-order valence-electron chi connectivity index (χ1n) is 10.4. The van der Waals surface area contributed by atoms with Gasteiger partial charge in [0.25, 0.3) is 0 Å². The van der Waals surface area contributed by atoms with Crippen molar-refractivity contribution in [3.05, 3.63) is 71.8 Å². The van der Waals surface area contributed by atoms with Crippen molar-refractivity contribution in [1.82, 2.24) is 10.2 Å². The van der Waals surface area contributed by atoms with Gasteiger partial charge in [-0.3, -0.25) is 9.59 Å². The number of hydrogen-bond donors (Lipinski definition) is 1. The summed E-state index contributed by atoms with van der Waals surface area (Å²) in [5.41, 5.74) is 2.33. The average Bonchev–Trinajstić information content (AvgIpc) is 3.46. The molecule has 2 atom stereocenters. The molecule has 0 spiro atoms. The number of amides is 2. The number of carbonyl (C=O) groups excluding carboxylic acids is 2. The number of rotatable bonds is 7. The maximum atomic E-state index is 13.1. The van der Waals surface area contributed by atoms with Crippen molar-refractivity contribution in [2.24, 2.45) is 5.92 Å². The maximum absolute atomic E-state index is 13.1. The van der Waals surface area contributed by atoms with E-state index in [0.717, 1.165) is 18.4 Å². The summed E-state index contributed by atoms with van der Waals surface area (Å²) in [5, 5.41) is 3.01. The first kappa shape index (κ1) is 18.7. The summed E-state index contributed by atoms with van der Waals surface area (Å²) < 4.78 is 0. The monoisotopic (exact) mass is 376 g/mol. The predicted octanol–water partition coefficient (Wildman–Crippen LogP) is 3.88. The van der Waals surface area contributed by atoms with Crippen LogP contribution in [0.1, 0.15) is 49.1 Å². The van der Waals surface area contributed by atoms with Gasteiger partial charge in [0.2, 0.25) is 11.8 Å². The van der Waals surface area contributed by atoms with Crippen molar-refractivity contribution in [1.29, 1.82) is 0 Å². The molecule has 2 aromatic carbocycles. The van der Waals surface area contributed by atoms with Crippen molar-refractivity contribution < 1.29 is 9.59 Å². The molecular weight excluding hydrogens is 348 g/mol. The summed E-state index contributed by atoms with van der Waals surface area (Å²) in [4.78, 5) is 27.6. The summed E-state index contributed by atoms with van der Waals surface area (Å²) in [6, 6.07) is 19.9. The molecule has 4 rings (SSSR count). The third kappa shape index (κ3) is 4.44. The highest BCUT2D eigenvalue weighted by Crippen LogP contribution is 2.45. The molecule has 0 bridgehead atoms. The van der Waals surface area contributed by atoms with Crippen LogP contribution in [0, 0.1) is 5.92 Å². The van der Waals surface area contributed by atoms with Gasteiger partial charge >= 0.3 is 0 Å². The fraction of sp³-hybridized carbons (Fsp3) is 0.417. The fourth-order valence-electron chi connectivity index (χ4n) is 4.30. The fourth-order valence-corrected chi connectivity index (χ4v) is 4.30. The lowest BCUT2D eigenvalue weighted by Crippen LogP contribution is -2.46. The molecule has 2 amide bonds. The molecule has 146 valence electrons. The van der Waals surface area contributed by atoms with E-state index < -0.39 is 0 Å². The Labute approximate surface area is 166 Å². The van der Waals surface area contributed by atoms with Gasteiger partial charge in [-0.2, -0.15) is 0 Å². The molecule has 2 fully saturated rings. The molecule has 4 heteroatoms. The van der Waals surface area contributed by atoms with E-state index in [1.807, 2.05) is 53.4 Å². The van der Waals surface area contributed by atoms with Gasteiger partial charge < -0.3 is 10.2 Å². The lowest BCUT2D eigenvalue weighted by atomic mass is 9.90. The van der Waals surface area contributed by atoms with Crippen LogP contribution >= 0.6 is 0 Å². The third-order valence-electron chi connectivity index (χ3n) is 6.00. The van der Waals surface area contributed by atoms with Gasteiger partial charge in [0.15, 0.2) is 0 Å². The second kappa shape index (κ2) is 8.59. The Morgan fingerprint density at radius 1 is 0.964 bits per heavy atom. The van der Waals surface area contributed by atoms with Crippen LogP contribution in [0.4, 0.5) is 0 Å². The van der Waals surface area contributed by atoms with Crippen molar-refractivity contribution in [3.8, 4) is 0 Å². The van der Waals surface area contributed by atoms with Crippen molar-refractivity contribution in [3.63, 3.8) is 0 Å². The highest BCUT2D eigenvalue weighted by atomic mass is 16.2. The summed E-state index contributed by atoms with van der Waals surface area (Å²) >= 11 is 0. The lowest BCUT2D eigenvalue weighted by molar-refractivity contribution is -0.138. The Bertz CT molecular complexity index is 802. The van der Waals surface area contributed by atoms with E-state index in [1.54, 1.807) is 0 Å². The Balaban J connectivity index is 1.38. The van der Waals surface area contributed by atoms with Crippen LogP contribution < -0.4 is 5.32 Å². The quantitative estimate of drug-likeness (QED) is 0.797.